The van der Waals surface area contributed by atoms with E-state index >= 15 is 0 Å². The van der Waals surface area contributed by atoms with Crippen molar-refractivity contribution in [3.8, 4) is 11.5 Å². The van der Waals surface area contributed by atoms with Crippen molar-refractivity contribution < 1.29 is 19.1 Å². The van der Waals surface area contributed by atoms with Crippen molar-refractivity contribution in [3.05, 3.63) is 71.8 Å². The molecule has 2 aromatic rings. The van der Waals surface area contributed by atoms with E-state index in [1.807, 2.05) is 48.5 Å². The summed E-state index contributed by atoms with van der Waals surface area (Å²) in [5.74, 6) is 0.706. The standard InChI is InChI=1S/C24H26N2O4/c1-16-13-23(27)25-19(17-7-3-2-4-8-17)9-5-6-10-20(26-24(16)28)18-11-12-21-22(14-18)30-15-29-21/h2-8,11-12,14,16,19-20H,9-10,13,15H2,1H3,(H,25,27)(H,26,28)/b6-5-/t16-,19+,20-/m0/s1. The topological polar surface area (TPSA) is 76.7 Å². The molecule has 0 aromatic heterocycles. The van der Waals surface area contributed by atoms with E-state index in [-0.39, 0.29) is 37.1 Å². The normalized spacial score (nSPS) is 25.4. The van der Waals surface area contributed by atoms with Crippen molar-refractivity contribution >= 4 is 11.8 Å². The summed E-state index contributed by atoms with van der Waals surface area (Å²) in [5.41, 5.74) is 2.00. The molecule has 0 saturated carbocycles. The summed E-state index contributed by atoms with van der Waals surface area (Å²) < 4.78 is 10.9. The Labute approximate surface area is 176 Å². The van der Waals surface area contributed by atoms with Crippen LogP contribution in [0.25, 0.3) is 0 Å². The number of nitrogens with one attached hydrogen (secondary N) is 2. The molecule has 2 aromatic carbocycles. The van der Waals surface area contributed by atoms with Crippen LogP contribution in [0.5, 0.6) is 11.5 Å². The van der Waals surface area contributed by atoms with E-state index in [1.165, 1.54) is 0 Å². The second-order valence-corrected chi connectivity index (χ2v) is 7.75. The molecule has 0 saturated heterocycles. The van der Waals surface area contributed by atoms with Crippen molar-refractivity contribution in [2.24, 2.45) is 5.92 Å². The number of benzene rings is 2. The van der Waals surface area contributed by atoms with E-state index in [0.29, 0.717) is 24.3 Å². The van der Waals surface area contributed by atoms with E-state index in [0.717, 1.165) is 11.1 Å². The van der Waals surface area contributed by atoms with Crippen LogP contribution in [0.15, 0.2) is 60.7 Å². The van der Waals surface area contributed by atoms with Gasteiger partial charge in [-0.1, -0.05) is 55.5 Å². The molecule has 0 radical (unpaired) electrons. The van der Waals surface area contributed by atoms with Crippen LogP contribution >= 0.6 is 0 Å². The first-order chi connectivity index (χ1) is 14.6. The second-order valence-electron chi connectivity index (χ2n) is 7.75. The van der Waals surface area contributed by atoms with Gasteiger partial charge in [-0.2, -0.15) is 0 Å². The smallest absolute Gasteiger partial charge is 0.231 e. The molecular weight excluding hydrogens is 380 g/mol. The van der Waals surface area contributed by atoms with Crippen molar-refractivity contribution in [2.75, 3.05) is 6.79 Å². The highest BCUT2D eigenvalue weighted by atomic mass is 16.7. The van der Waals surface area contributed by atoms with Crippen LogP contribution in [0.1, 0.15) is 49.4 Å². The molecule has 0 spiro atoms. The van der Waals surface area contributed by atoms with Gasteiger partial charge in [0.2, 0.25) is 18.6 Å². The molecule has 2 aliphatic heterocycles. The highest BCUT2D eigenvalue weighted by molar-refractivity contribution is 5.86. The van der Waals surface area contributed by atoms with Gasteiger partial charge in [-0.25, -0.2) is 0 Å². The molecular formula is C24H26N2O4. The lowest BCUT2D eigenvalue weighted by molar-refractivity contribution is -0.130. The maximum Gasteiger partial charge on any atom is 0.231 e. The third-order valence-corrected chi connectivity index (χ3v) is 5.50. The summed E-state index contributed by atoms with van der Waals surface area (Å²) in [6, 6.07) is 15.3. The van der Waals surface area contributed by atoms with Crippen LogP contribution < -0.4 is 20.1 Å². The SMILES string of the molecule is C[C@H]1CC(=O)N[C@@H](c2ccccc2)C/C=C\C[C@@H](c2ccc3c(c2)OCO3)NC1=O. The van der Waals surface area contributed by atoms with Crippen LogP contribution in [0.4, 0.5) is 0 Å². The lowest BCUT2D eigenvalue weighted by Gasteiger charge is -2.23. The third-order valence-electron chi connectivity index (χ3n) is 5.50. The van der Waals surface area contributed by atoms with Crippen LogP contribution in [0, 0.1) is 5.92 Å². The van der Waals surface area contributed by atoms with E-state index < -0.39 is 5.92 Å². The molecule has 6 nitrogen and oxygen atoms in total. The average molecular weight is 406 g/mol. The second kappa shape index (κ2) is 9.03. The van der Waals surface area contributed by atoms with Gasteiger partial charge in [-0.3, -0.25) is 9.59 Å². The Hall–Kier alpha value is -3.28. The molecule has 2 aliphatic rings. The Morgan fingerprint density at radius 1 is 0.833 bits per heavy atom. The highest BCUT2D eigenvalue weighted by Gasteiger charge is 2.24. The van der Waals surface area contributed by atoms with Crippen molar-refractivity contribution in [1.82, 2.24) is 10.6 Å². The van der Waals surface area contributed by atoms with Gasteiger partial charge in [-0.15, -0.1) is 0 Å². The van der Waals surface area contributed by atoms with Crippen molar-refractivity contribution in [3.63, 3.8) is 0 Å². The lowest BCUT2D eigenvalue weighted by Crippen LogP contribution is -2.37. The fraction of sp³-hybridized carbons (Fsp3) is 0.333. The van der Waals surface area contributed by atoms with E-state index in [1.54, 1.807) is 6.92 Å². The molecule has 156 valence electrons. The minimum absolute atomic E-state index is 0.117. The Balaban J connectivity index is 1.58. The Morgan fingerprint density at radius 3 is 2.30 bits per heavy atom. The molecule has 6 heteroatoms. The molecule has 0 fully saturated rings. The molecule has 3 atom stereocenters. The molecule has 2 amide bonds. The summed E-state index contributed by atoms with van der Waals surface area (Å²) in [6.45, 7) is 1.99. The van der Waals surface area contributed by atoms with Crippen LogP contribution in [-0.4, -0.2) is 18.6 Å². The minimum Gasteiger partial charge on any atom is -0.454 e. The largest absolute Gasteiger partial charge is 0.454 e. The zero-order chi connectivity index (χ0) is 20.9. The van der Waals surface area contributed by atoms with Gasteiger partial charge in [-0.05, 0) is 36.1 Å². The van der Waals surface area contributed by atoms with E-state index in [2.05, 4.69) is 22.8 Å². The fourth-order valence-electron chi connectivity index (χ4n) is 3.77. The zero-order valence-corrected chi connectivity index (χ0v) is 17.0. The zero-order valence-electron chi connectivity index (χ0n) is 17.0. The number of fused-ring (bicyclic) bond motifs is 1. The van der Waals surface area contributed by atoms with E-state index in [9.17, 15) is 9.59 Å². The number of hydrogen-bond acceptors (Lipinski definition) is 4. The molecule has 2 N–H and O–H groups in total. The monoisotopic (exact) mass is 406 g/mol. The quantitative estimate of drug-likeness (QED) is 0.744. The molecule has 0 unspecified atom stereocenters. The summed E-state index contributed by atoms with van der Waals surface area (Å²) in [7, 11) is 0. The molecule has 2 heterocycles. The van der Waals surface area contributed by atoms with Gasteiger partial charge < -0.3 is 20.1 Å². The van der Waals surface area contributed by atoms with Gasteiger partial charge in [0.15, 0.2) is 11.5 Å². The molecule has 30 heavy (non-hydrogen) atoms. The molecule has 0 aliphatic carbocycles. The van der Waals surface area contributed by atoms with Gasteiger partial charge in [0, 0.05) is 12.3 Å². The maximum atomic E-state index is 12.8. The first kappa shape index (κ1) is 20.0. The summed E-state index contributed by atoms with van der Waals surface area (Å²) in [6.07, 6.45) is 5.60. The predicted octanol–water partition coefficient (Wildman–Crippen LogP) is 3.81. The van der Waals surface area contributed by atoms with Gasteiger partial charge in [0.1, 0.15) is 0 Å². The number of carbonyl (C=O) groups is 2. The molecule has 0 bridgehead atoms. The maximum absolute atomic E-state index is 12.8. The first-order valence-corrected chi connectivity index (χ1v) is 10.3. The Bertz CT molecular complexity index is 941. The molecule has 4 rings (SSSR count). The van der Waals surface area contributed by atoms with Gasteiger partial charge >= 0.3 is 0 Å². The van der Waals surface area contributed by atoms with E-state index in [4.69, 9.17) is 9.47 Å². The fourth-order valence-corrected chi connectivity index (χ4v) is 3.77. The number of amides is 2. The number of rotatable bonds is 2. The summed E-state index contributed by atoms with van der Waals surface area (Å²) in [5, 5.41) is 6.16. The predicted molar refractivity (Wildman–Crippen MR) is 113 cm³/mol. The third kappa shape index (κ3) is 4.64. The lowest BCUT2D eigenvalue weighted by atomic mass is 9.97. The first-order valence-electron chi connectivity index (χ1n) is 10.3. The van der Waals surface area contributed by atoms with Crippen LogP contribution in [0.2, 0.25) is 0 Å². The average Bonchev–Trinajstić information content (AvgIpc) is 3.22. The van der Waals surface area contributed by atoms with Crippen molar-refractivity contribution in [1.29, 1.82) is 0 Å². The van der Waals surface area contributed by atoms with Gasteiger partial charge in [0.25, 0.3) is 0 Å². The van der Waals surface area contributed by atoms with Crippen LogP contribution in [-0.2, 0) is 9.59 Å². The summed E-state index contributed by atoms with van der Waals surface area (Å²) in [4.78, 5) is 25.3. The number of carbonyl (C=O) groups excluding carboxylic acids is 2. The Morgan fingerprint density at radius 2 is 1.53 bits per heavy atom. The Kier molecular flexibility index (Phi) is 6.02. The van der Waals surface area contributed by atoms with Crippen molar-refractivity contribution in [2.45, 2.75) is 38.3 Å². The summed E-state index contributed by atoms with van der Waals surface area (Å²) >= 11 is 0. The van der Waals surface area contributed by atoms with Crippen LogP contribution in [0.3, 0.4) is 0 Å². The minimum atomic E-state index is -0.429. The highest BCUT2D eigenvalue weighted by Crippen LogP contribution is 2.35. The van der Waals surface area contributed by atoms with Gasteiger partial charge in [0.05, 0.1) is 12.1 Å². The number of ether oxygens (including phenoxy) is 2. The number of hydrogen-bond donors (Lipinski definition) is 2.